The molecule has 2 aromatic rings. The van der Waals surface area contributed by atoms with E-state index in [1.165, 1.54) is 5.56 Å². The predicted molar refractivity (Wildman–Crippen MR) is 75.0 cm³/mol. The van der Waals surface area contributed by atoms with E-state index in [4.69, 9.17) is 4.74 Å². The zero-order valence-electron chi connectivity index (χ0n) is 11.6. The summed E-state index contributed by atoms with van der Waals surface area (Å²) in [6, 6.07) is 8.32. The van der Waals surface area contributed by atoms with Crippen molar-refractivity contribution in [1.29, 1.82) is 0 Å². The summed E-state index contributed by atoms with van der Waals surface area (Å²) >= 11 is 0. The topological polar surface area (TPSA) is 47.0 Å². The van der Waals surface area contributed by atoms with E-state index in [-0.39, 0.29) is 6.04 Å². The van der Waals surface area contributed by atoms with Gasteiger partial charge in [0, 0.05) is 24.3 Å². The first-order valence-corrected chi connectivity index (χ1v) is 6.33. The fourth-order valence-corrected chi connectivity index (χ4v) is 1.98. The van der Waals surface area contributed by atoms with E-state index in [1.54, 1.807) is 19.6 Å². The fourth-order valence-electron chi connectivity index (χ4n) is 1.98. The van der Waals surface area contributed by atoms with Gasteiger partial charge < -0.3 is 10.1 Å². The number of nitrogens with one attached hydrogen (secondary N) is 1. The Bertz CT molecular complexity index is 528. The molecule has 0 saturated heterocycles. The van der Waals surface area contributed by atoms with Gasteiger partial charge in [-0.05, 0) is 26.0 Å². The van der Waals surface area contributed by atoms with Gasteiger partial charge in [-0.1, -0.05) is 17.7 Å². The minimum atomic E-state index is 0.199. The third-order valence-electron chi connectivity index (χ3n) is 3.08. The van der Waals surface area contributed by atoms with E-state index in [2.05, 4.69) is 41.3 Å². The smallest absolute Gasteiger partial charge is 0.123 e. The van der Waals surface area contributed by atoms with E-state index in [1.807, 2.05) is 12.1 Å². The van der Waals surface area contributed by atoms with Crippen LogP contribution >= 0.6 is 0 Å². The molecule has 1 unspecified atom stereocenters. The van der Waals surface area contributed by atoms with E-state index in [0.29, 0.717) is 6.54 Å². The zero-order valence-corrected chi connectivity index (χ0v) is 11.6. The largest absolute Gasteiger partial charge is 0.496 e. The SMILES string of the molecule is COc1ccc(C)cc1C(C)NCc1ccncn1. The third-order valence-corrected chi connectivity index (χ3v) is 3.08. The van der Waals surface area contributed by atoms with Crippen LogP contribution in [-0.4, -0.2) is 17.1 Å². The second-order valence-corrected chi connectivity index (χ2v) is 4.55. The lowest BCUT2D eigenvalue weighted by Gasteiger charge is -2.17. The van der Waals surface area contributed by atoms with Gasteiger partial charge in [-0.15, -0.1) is 0 Å². The Morgan fingerprint density at radius 1 is 1.32 bits per heavy atom. The van der Waals surface area contributed by atoms with Gasteiger partial charge in [-0.25, -0.2) is 9.97 Å². The number of methoxy groups -OCH3 is 1. The van der Waals surface area contributed by atoms with Crippen LogP contribution in [-0.2, 0) is 6.54 Å². The lowest BCUT2D eigenvalue weighted by Crippen LogP contribution is -2.19. The standard InChI is InChI=1S/C15H19N3O/c1-11-4-5-15(19-3)14(8-11)12(2)17-9-13-6-7-16-10-18-13/h4-8,10,12,17H,9H2,1-3H3. The van der Waals surface area contributed by atoms with Gasteiger partial charge >= 0.3 is 0 Å². The molecule has 0 saturated carbocycles. The molecule has 1 aromatic heterocycles. The Morgan fingerprint density at radius 3 is 2.84 bits per heavy atom. The summed E-state index contributed by atoms with van der Waals surface area (Å²) in [5, 5.41) is 3.45. The number of nitrogens with zero attached hydrogens (tertiary/aromatic N) is 2. The summed E-state index contributed by atoms with van der Waals surface area (Å²) in [6.45, 7) is 4.92. The number of benzene rings is 1. The molecule has 0 amide bonds. The number of ether oxygens (including phenoxy) is 1. The van der Waals surface area contributed by atoms with Crippen LogP contribution < -0.4 is 10.1 Å². The van der Waals surface area contributed by atoms with E-state index >= 15 is 0 Å². The Hall–Kier alpha value is -1.94. The summed E-state index contributed by atoms with van der Waals surface area (Å²) in [5.74, 6) is 0.910. The van der Waals surface area contributed by atoms with Crippen LogP contribution in [0.2, 0.25) is 0 Å². The highest BCUT2D eigenvalue weighted by atomic mass is 16.5. The maximum absolute atomic E-state index is 5.41. The molecule has 0 radical (unpaired) electrons. The minimum Gasteiger partial charge on any atom is -0.496 e. The Balaban J connectivity index is 2.07. The van der Waals surface area contributed by atoms with Crippen molar-refractivity contribution in [2.75, 3.05) is 7.11 Å². The molecule has 0 aliphatic rings. The second kappa shape index (κ2) is 6.29. The van der Waals surface area contributed by atoms with E-state index in [0.717, 1.165) is 17.0 Å². The maximum atomic E-state index is 5.41. The average molecular weight is 257 g/mol. The van der Waals surface area contributed by atoms with Crippen LogP contribution in [0.15, 0.2) is 36.8 Å². The number of rotatable bonds is 5. The highest BCUT2D eigenvalue weighted by molar-refractivity contribution is 5.38. The van der Waals surface area contributed by atoms with Gasteiger partial charge in [0.15, 0.2) is 0 Å². The monoisotopic (exact) mass is 257 g/mol. The Labute approximate surface area is 113 Å². The number of aryl methyl sites for hydroxylation is 1. The fraction of sp³-hybridized carbons (Fsp3) is 0.333. The first kappa shape index (κ1) is 13.5. The summed E-state index contributed by atoms with van der Waals surface area (Å²) < 4.78 is 5.41. The lowest BCUT2D eigenvalue weighted by atomic mass is 10.0. The molecular formula is C15H19N3O. The van der Waals surface area contributed by atoms with Crippen molar-refractivity contribution < 1.29 is 4.74 Å². The molecule has 0 aliphatic carbocycles. The highest BCUT2D eigenvalue weighted by Crippen LogP contribution is 2.26. The molecule has 0 spiro atoms. The molecule has 1 aromatic carbocycles. The molecule has 1 N–H and O–H groups in total. The molecule has 4 heteroatoms. The van der Waals surface area contributed by atoms with Gasteiger partial charge in [0.05, 0.1) is 12.8 Å². The molecular weight excluding hydrogens is 238 g/mol. The lowest BCUT2D eigenvalue weighted by molar-refractivity contribution is 0.401. The molecule has 1 heterocycles. The van der Waals surface area contributed by atoms with Crippen molar-refractivity contribution in [3.05, 3.63) is 53.6 Å². The Morgan fingerprint density at radius 2 is 2.16 bits per heavy atom. The molecule has 100 valence electrons. The molecule has 1 atom stereocenters. The highest BCUT2D eigenvalue weighted by Gasteiger charge is 2.11. The predicted octanol–water partition coefficient (Wildman–Crippen LogP) is 2.64. The van der Waals surface area contributed by atoms with Crippen LogP contribution in [0.25, 0.3) is 0 Å². The van der Waals surface area contributed by atoms with Gasteiger partial charge in [0.25, 0.3) is 0 Å². The molecule has 0 bridgehead atoms. The number of hydrogen-bond donors (Lipinski definition) is 1. The van der Waals surface area contributed by atoms with Crippen LogP contribution in [0.1, 0.15) is 29.8 Å². The van der Waals surface area contributed by atoms with E-state index in [9.17, 15) is 0 Å². The summed E-state index contributed by atoms with van der Waals surface area (Å²) in [7, 11) is 1.70. The quantitative estimate of drug-likeness (QED) is 0.894. The third kappa shape index (κ3) is 3.51. The first-order chi connectivity index (χ1) is 9.20. The van der Waals surface area contributed by atoms with Gasteiger partial charge in [0.1, 0.15) is 12.1 Å². The zero-order chi connectivity index (χ0) is 13.7. The van der Waals surface area contributed by atoms with Gasteiger partial charge in [0.2, 0.25) is 0 Å². The number of hydrogen-bond acceptors (Lipinski definition) is 4. The van der Waals surface area contributed by atoms with Crippen molar-refractivity contribution in [2.24, 2.45) is 0 Å². The van der Waals surface area contributed by atoms with Crippen LogP contribution in [0.3, 0.4) is 0 Å². The summed E-state index contributed by atoms with van der Waals surface area (Å²) in [5.41, 5.74) is 3.37. The molecule has 2 rings (SSSR count). The molecule has 0 fully saturated rings. The van der Waals surface area contributed by atoms with Crippen LogP contribution in [0.4, 0.5) is 0 Å². The summed E-state index contributed by atoms with van der Waals surface area (Å²) in [4.78, 5) is 8.11. The van der Waals surface area contributed by atoms with Crippen molar-refractivity contribution in [2.45, 2.75) is 26.4 Å². The van der Waals surface area contributed by atoms with Crippen molar-refractivity contribution in [3.63, 3.8) is 0 Å². The van der Waals surface area contributed by atoms with Crippen LogP contribution in [0.5, 0.6) is 5.75 Å². The first-order valence-electron chi connectivity index (χ1n) is 6.33. The second-order valence-electron chi connectivity index (χ2n) is 4.55. The molecule has 19 heavy (non-hydrogen) atoms. The molecule has 0 aliphatic heterocycles. The van der Waals surface area contributed by atoms with Gasteiger partial charge in [-0.2, -0.15) is 0 Å². The van der Waals surface area contributed by atoms with Crippen molar-refractivity contribution in [1.82, 2.24) is 15.3 Å². The molecule has 4 nitrogen and oxygen atoms in total. The van der Waals surface area contributed by atoms with E-state index < -0.39 is 0 Å². The Kier molecular flexibility index (Phi) is 4.47. The van der Waals surface area contributed by atoms with Crippen molar-refractivity contribution >= 4 is 0 Å². The van der Waals surface area contributed by atoms with Crippen molar-refractivity contribution in [3.8, 4) is 5.75 Å². The maximum Gasteiger partial charge on any atom is 0.123 e. The van der Waals surface area contributed by atoms with Crippen LogP contribution in [0, 0.1) is 6.92 Å². The number of aromatic nitrogens is 2. The summed E-state index contributed by atoms with van der Waals surface area (Å²) in [6.07, 6.45) is 3.32. The minimum absolute atomic E-state index is 0.199. The van der Waals surface area contributed by atoms with Gasteiger partial charge in [-0.3, -0.25) is 0 Å². The normalized spacial score (nSPS) is 12.2. The average Bonchev–Trinajstić information content (AvgIpc) is 2.46.